The number of nitrogens with zero attached hydrogens (tertiary/aromatic N) is 4. The van der Waals surface area contributed by atoms with E-state index in [-0.39, 0.29) is 6.04 Å². The van der Waals surface area contributed by atoms with Crippen molar-refractivity contribution in [2.24, 2.45) is 5.92 Å². The largest absolute Gasteiger partial charge is 0.322 e. The highest BCUT2D eigenvalue weighted by Crippen LogP contribution is 2.17. The van der Waals surface area contributed by atoms with Crippen LogP contribution in [0, 0.1) is 5.92 Å². The predicted octanol–water partition coefficient (Wildman–Crippen LogP) is -0.222. The molecule has 0 spiro atoms. The van der Waals surface area contributed by atoms with Crippen molar-refractivity contribution in [2.45, 2.75) is 32.9 Å². The molecule has 3 rings (SSSR count). The van der Waals surface area contributed by atoms with Gasteiger partial charge in [-0.15, -0.1) is 5.10 Å². The lowest BCUT2D eigenvalue weighted by Crippen LogP contribution is -3.28. The third-order valence-corrected chi connectivity index (χ3v) is 5.31. The molecule has 2 heterocycles. The van der Waals surface area contributed by atoms with E-state index < -0.39 is 0 Å². The van der Waals surface area contributed by atoms with Gasteiger partial charge in [-0.3, -0.25) is 0 Å². The Kier molecular flexibility index (Phi) is 6.52. The van der Waals surface area contributed by atoms with Crippen LogP contribution in [0.1, 0.15) is 37.7 Å². The maximum atomic E-state index is 4.46. The normalized spacial score (nSPS) is 21.7. The molecular weight excluding hydrogens is 324 g/mol. The minimum absolute atomic E-state index is 0.198. The quantitative estimate of drug-likeness (QED) is 0.643. The first kappa shape index (κ1) is 18.7. The highest BCUT2D eigenvalue weighted by molar-refractivity contribution is 5.22. The van der Waals surface area contributed by atoms with Gasteiger partial charge in [0.15, 0.2) is 6.04 Å². The van der Waals surface area contributed by atoms with E-state index in [2.05, 4.69) is 66.3 Å². The molecule has 1 aliphatic rings. The van der Waals surface area contributed by atoms with Crippen molar-refractivity contribution in [1.82, 2.24) is 20.2 Å². The van der Waals surface area contributed by atoms with Crippen LogP contribution in [0.5, 0.6) is 0 Å². The third-order valence-electron chi connectivity index (χ3n) is 5.31. The molecule has 1 saturated heterocycles. The van der Waals surface area contributed by atoms with Gasteiger partial charge < -0.3 is 9.80 Å². The number of benzene rings is 1. The lowest BCUT2D eigenvalue weighted by Gasteiger charge is -2.33. The standard InChI is InChI=1S/C20H30N6/c1-4-11-24-13-15-25(16-14-24)19(18-8-6-5-7-9-18)20-21-22-23-26(20)12-10-17(2)3/h4-9,17,19H,1,10-16H2,2-3H3/p+2/t19-/m0/s1. The van der Waals surface area contributed by atoms with E-state index in [1.165, 1.54) is 5.56 Å². The topological polar surface area (TPSA) is 52.5 Å². The summed E-state index contributed by atoms with van der Waals surface area (Å²) in [4.78, 5) is 3.18. The van der Waals surface area contributed by atoms with E-state index in [9.17, 15) is 0 Å². The molecule has 2 aromatic rings. The minimum atomic E-state index is 0.198. The molecule has 0 amide bonds. The fraction of sp³-hybridized carbons (Fsp3) is 0.550. The third kappa shape index (κ3) is 4.56. The zero-order chi connectivity index (χ0) is 18.4. The van der Waals surface area contributed by atoms with Gasteiger partial charge in [-0.2, -0.15) is 0 Å². The summed E-state index contributed by atoms with van der Waals surface area (Å²) in [6, 6.07) is 10.9. The average molecular weight is 357 g/mol. The number of aromatic nitrogens is 4. The van der Waals surface area contributed by atoms with Crippen LogP contribution in [0.3, 0.4) is 0 Å². The van der Waals surface area contributed by atoms with Crippen molar-refractivity contribution < 1.29 is 9.80 Å². The van der Waals surface area contributed by atoms with Crippen molar-refractivity contribution >= 4 is 0 Å². The smallest absolute Gasteiger partial charge is 0.214 e. The first-order valence-electron chi connectivity index (χ1n) is 9.79. The molecular formula is C20H32N6+2. The minimum Gasteiger partial charge on any atom is -0.322 e. The summed E-state index contributed by atoms with van der Waals surface area (Å²) in [6.45, 7) is 14.9. The van der Waals surface area contributed by atoms with E-state index in [1.54, 1.807) is 9.80 Å². The van der Waals surface area contributed by atoms with Gasteiger partial charge >= 0.3 is 0 Å². The Morgan fingerprint density at radius 3 is 2.54 bits per heavy atom. The molecule has 0 saturated carbocycles. The molecule has 1 aliphatic heterocycles. The number of hydrogen-bond acceptors (Lipinski definition) is 3. The second-order valence-corrected chi connectivity index (χ2v) is 7.69. The lowest BCUT2D eigenvalue weighted by atomic mass is 10.0. The summed E-state index contributed by atoms with van der Waals surface area (Å²) in [5.74, 6) is 1.64. The second-order valence-electron chi connectivity index (χ2n) is 7.69. The predicted molar refractivity (Wildman–Crippen MR) is 102 cm³/mol. The molecule has 140 valence electrons. The Balaban J connectivity index is 1.84. The van der Waals surface area contributed by atoms with Crippen molar-refractivity contribution in [2.75, 3.05) is 32.7 Å². The Labute approximate surface area is 156 Å². The summed E-state index contributed by atoms with van der Waals surface area (Å²) in [7, 11) is 0. The maximum absolute atomic E-state index is 4.46. The van der Waals surface area contributed by atoms with E-state index >= 15 is 0 Å². The van der Waals surface area contributed by atoms with Gasteiger partial charge in [0.25, 0.3) is 0 Å². The molecule has 1 aromatic heterocycles. The van der Waals surface area contributed by atoms with Gasteiger partial charge in [-0.25, -0.2) is 4.68 Å². The summed E-state index contributed by atoms with van der Waals surface area (Å²) >= 11 is 0. The molecule has 0 radical (unpaired) electrons. The van der Waals surface area contributed by atoms with Gasteiger partial charge in [-0.1, -0.05) is 50.8 Å². The zero-order valence-electron chi connectivity index (χ0n) is 16.1. The Morgan fingerprint density at radius 2 is 1.88 bits per heavy atom. The zero-order valence-corrected chi connectivity index (χ0v) is 16.1. The summed E-state index contributed by atoms with van der Waals surface area (Å²) in [5.41, 5.74) is 1.30. The first-order chi connectivity index (χ1) is 12.7. The summed E-state index contributed by atoms with van der Waals surface area (Å²) in [6.07, 6.45) is 3.12. The molecule has 6 heteroatoms. The summed E-state index contributed by atoms with van der Waals surface area (Å²) < 4.78 is 2.02. The molecule has 6 nitrogen and oxygen atoms in total. The van der Waals surface area contributed by atoms with Gasteiger partial charge in [0.1, 0.15) is 26.2 Å². The van der Waals surface area contributed by atoms with E-state index in [0.29, 0.717) is 5.92 Å². The second kappa shape index (κ2) is 9.05. The van der Waals surface area contributed by atoms with Crippen LogP contribution < -0.4 is 9.80 Å². The number of nitrogens with one attached hydrogen (secondary N) is 2. The number of tetrazole rings is 1. The van der Waals surface area contributed by atoms with E-state index in [1.807, 2.05) is 10.8 Å². The van der Waals surface area contributed by atoms with Crippen LogP contribution in [0.4, 0.5) is 0 Å². The number of hydrogen-bond donors (Lipinski definition) is 2. The van der Waals surface area contributed by atoms with Crippen LogP contribution >= 0.6 is 0 Å². The van der Waals surface area contributed by atoms with Gasteiger partial charge in [0.2, 0.25) is 5.82 Å². The van der Waals surface area contributed by atoms with Crippen molar-refractivity contribution in [3.8, 4) is 0 Å². The highest BCUT2D eigenvalue weighted by atomic mass is 15.6. The molecule has 1 aromatic carbocycles. The van der Waals surface area contributed by atoms with E-state index in [0.717, 1.165) is 51.5 Å². The monoisotopic (exact) mass is 356 g/mol. The van der Waals surface area contributed by atoms with Crippen molar-refractivity contribution in [3.05, 3.63) is 54.4 Å². The van der Waals surface area contributed by atoms with Crippen molar-refractivity contribution in [3.63, 3.8) is 0 Å². The Morgan fingerprint density at radius 1 is 1.15 bits per heavy atom. The average Bonchev–Trinajstić information content (AvgIpc) is 3.11. The number of rotatable bonds is 8. The van der Waals surface area contributed by atoms with Crippen LogP contribution in [-0.2, 0) is 6.54 Å². The molecule has 0 bridgehead atoms. The molecule has 0 aliphatic carbocycles. The van der Waals surface area contributed by atoms with Crippen molar-refractivity contribution in [1.29, 1.82) is 0 Å². The van der Waals surface area contributed by atoms with Crippen LogP contribution in [0.15, 0.2) is 43.0 Å². The van der Waals surface area contributed by atoms with Gasteiger partial charge in [0.05, 0.1) is 6.54 Å². The summed E-state index contributed by atoms with van der Waals surface area (Å²) in [5, 5.41) is 12.8. The maximum Gasteiger partial charge on any atom is 0.214 e. The number of quaternary nitrogens is 2. The van der Waals surface area contributed by atoms with Crippen LogP contribution in [0.25, 0.3) is 0 Å². The fourth-order valence-corrected chi connectivity index (χ4v) is 3.79. The first-order valence-corrected chi connectivity index (χ1v) is 9.79. The lowest BCUT2D eigenvalue weighted by molar-refractivity contribution is -1.02. The van der Waals surface area contributed by atoms with Crippen LogP contribution in [-0.4, -0.2) is 52.9 Å². The van der Waals surface area contributed by atoms with Crippen LogP contribution in [0.2, 0.25) is 0 Å². The highest BCUT2D eigenvalue weighted by Gasteiger charge is 2.35. The molecule has 2 N–H and O–H groups in total. The SMILES string of the molecule is C=CC[NH+]1CC[NH+]([C@@H](c2ccccc2)c2nnnn2CCC(C)C)CC1. The Hall–Kier alpha value is -2.05. The van der Waals surface area contributed by atoms with Gasteiger partial charge in [0, 0.05) is 12.1 Å². The van der Waals surface area contributed by atoms with Gasteiger partial charge in [-0.05, 0) is 28.8 Å². The molecule has 0 unspecified atom stereocenters. The number of piperazine rings is 1. The molecule has 1 atom stereocenters. The Bertz CT molecular complexity index is 673. The molecule has 1 fully saturated rings. The van der Waals surface area contributed by atoms with E-state index in [4.69, 9.17) is 0 Å². The molecule has 26 heavy (non-hydrogen) atoms. The fourth-order valence-electron chi connectivity index (χ4n) is 3.79. The number of aryl methyl sites for hydroxylation is 1.